The van der Waals surface area contributed by atoms with E-state index in [-0.39, 0.29) is 18.4 Å². The number of nitrogens with zero attached hydrogens (tertiary/aromatic N) is 1. The minimum atomic E-state index is -0.842. The molecule has 21 heavy (non-hydrogen) atoms. The second-order valence-corrected chi connectivity index (χ2v) is 5.65. The maximum atomic E-state index is 12.5. The Kier molecular flexibility index (Phi) is 3.45. The lowest BCUT2D eigenvalue weighted by molar-refractivity contribution is -0.142. The lowest BCUT2D eigenvalue weighted by Crippen LogP contribution is -2.46. The largest absolute Gasteiger partial charge is 0.481 e. The van der Waals surface area contributed by atoms with Gasteiger partial charge in [-0.3, -0.25) is 9.59 Å². The van der Waals surface area contributed by atoms with E-state index in [0.29, 0.717) is 18.8 Å². The highest BCUT2D eigenvalue weighted by Crippen LogP contribution is 2.30. The first-order chi connectivity index (χ1) is 10.1. The number of hydrogen-bond acceptors (Lipinski definition) is 4. The SMILES string of the molecule is C[C@@H]1CN(C(=O)C2CNc3ccccc3O2)C[C@H]1C(=O)O. The minimum absolute atomic E-state index is 0.0321. The molecule has 112 valence electrons. The zero-order valence-electron chi connectivity index (χ0n) is 11.8. The maximum absolute atomic E-state index is 12.5. The topological polar surface area (TPSA) is 78.9 Å². The molecule has 0 saturated carbocycles. The number of carbonyl (C=O) groups excluding carboxylic acids is 1. The average molecular weight is 290 g/mol. The number of hydrogen-bond donors (Lipinski definition) is 2. The van der Waals surface area contributed by atoms with Crippen molar-refractivity contribution in [2.75, 3.05) is 25.0 Å². The average Bonchev–Trinajstić information content (AvgIpc) is 2.88. The molecule has 0 radical (unpaired) electrons. The molecule has 2 aliphatic heterocycles. The van der Waals surface area contributed by atoms with Crippen LogP contribution < -0.4 is 10.1 Å². The molecule has 2 heterocycles. The Morgan fingerprint density at radius 1 is 1.33 bits per heavy atom. The highest BCUT2D eigenvalue weighted by Gasteiger charge is 2.40. The number of aliphatic carboxylic acids is 1. The fourth-order valence-corrected chi connectivity index (χ4v) is 2.92. The molecule has 0 aliphatic carbocycles. The van der Waals surface area contributed by atoms with Gasteiger partial charge < -0.3 is 20.1 Å². The van der Waals surface area contributed by atoms with Crippen molar-refractivity contribution in [2.45, 2.75) is 13.0 Å². The first-order valence-corrected chi connectivity index (χ1v) is 7.07. The van der Waals surface area contributed by atoms with Crippen LogP contribution in [0.3, 0.4) is 0 Å². The van der Waals surface area contributed by atoms with Gasteiger partial charge in [0.1, 0.15) is 5.75 Å². The molecule has 1 fully saturated rings. The molecule has 2 N–H and O–H groups in total. The number of carboxylic acids is 1. The molecular formula is C15H18N2O4. The molecule has 1 unspecified atom stereocenters. The highest BCUT2D eigenvalue weighted by molar-refractivity contribution is 5.84. The van der Waals surface area contributed by atoms with Gasteiger partial charge >= 0.3 is 5.97 Å². The van der Waals surface area contributed by atoms with E-state index < -0.39 is 18.0 Å². The van der Waals surface area contributed by atoms with Gasteiger partial charge in [-0.1, -0.05) is 19.1 Å². The van der Waals surface area contributed by atoms with Crippen LogP contribution in [0.5, 0.6) is 5.75 Å². The monoisotopic (exact) mass is 290 g/mol. The number of anilines is 1. The fourth-order valence-electron chi connectivity index (χ4n) is 2.92. The Labute approximate surface area is 122 Å². The second-order valence-electron chi connectivity index (χ2n) is 5.65. The zero-order chi connectivity index (χ0) is 15.0. The molecular weight excluding hydrogens is 272 g/mol. The van der Waals surface area contributed by atoms with Gasteiger partial charge in [0, 0.05) is 13.1 Å². The highest BCUT2D eigenvalue weighted by atomic mass is 16.5. The summed E-state index contributed by atoms with van der Waals surface area (Å²) in [5.41, 5.74) is 0.875. The molecule has 3 rings (SSSR count). The Balaban J connectivity index is 1.69. The van der Waals surface area contributed by atoms with E-state index in [1.54, 1.807) is 4.90 Å². The van der Waals surface area contributed by atoms with Crippen molar-refractivity contribution < 1.29 is 19.4 Å². The van der Waals surface area contributed by atoms with Crippen molar-refractivity contribution in [3.63, 3.8) is 0 Å². The molecule has 0 bridgehead atoms. The van der Waals surface area contributed by atoms with Gasteiger partial charge in [-0.25, -0.2) is 0 Å². The first kappa shape index (κ1) is 13.7. The van der Waals surface area contributed by atoms with Gasteiger partial charge in [0.25, 0.3) is 5.91 Å². The van der Waals surface area contributed by atoms with Crippen molar-refractivity contribution >= 4 is 17.6 Å². The third-order valence-electron chi connectivity index (χ3n) is 4.15. The van der Waals surface area contributed by atoms with E-state index >= 15 is 0 Å². The number of ether oxygens (including phenoxy) is 1. The molecule has 1 aromatic carbocycles. The number of likely N-dealkylation sites (tertiary alicyclic amines) is 1. The smallest absolute Gasteiger partial charge is 0.308 e. The Bertz CT molecular complexity index is 575. The number of fused-ring (bicyclic) bond motifs is 1. The normalized spacial score (nSPS) is 27.5. The molecule has 3 atom stereocenters. The minimum Gasteiger partial charge on any atom is -0.481 e. The lowest BCUT2D eigenvalue weighted by Gasteiger charge is -2.29. The van der Waals surface area contributed by atoms with E-state index in [2.05, 4.69) is 5.32 Å². The van der Waals surface area contributed by atoms with Crippen molar-refractivity contribution in [1.82, 2.24) is 4.90 Å². The molecule has 0 aromatic heterocycles. The van der Waals surface area contributed by atoms with Crippen LogP contribution >= 0.6 is 0 Å². The summed E-state index contributed by atoms with van der Waals surface area (Å²) >= 11 is 0. The van der Waals surface area contributed by atoms with Gasteiger partial charge in [0.2, 0.25) is 0 Å². The summed E-state index contributed by atoms with van der Waals surface area (Å²) in [6, 6.07) is 7.46. The predicted octanol–water partition coefficient (Wildman–Crippen LogP) is 1.04. The van der Waals surface area contributed by atoms with Crippen molar-refractivity contribution in [1.29, 1.82) is 0 Å². The number of carboxylic acid groups (broad SMARTS) is 1. The van der Waals surface area contributed by atoms with Crippen LogP contribution in [-0.4, -0.2) is 47.6 Å². The van der Waals surface area contributed by atoms with Gasteiger partial charge in [-0.05, 0) is 18.1 Å². The van der Waals surface area contributed by atoms with Crippen LogP contribution in [0.25, 0.3) is 0 Å². The van der Waals surface area contributed by atoms with Crippen molar-refractivity contribution in [2.24, 2.45) is 11.8 Å². The van der Waals surface area contributed by atoms with Crippen LogP contribution in [0.1, 0.15) is 6.92 Å². The second kappa shape index (κ2) is 5.27. The summed E-state index contributed by atoms with van der Waals surface area (Å²) in [5.74, 6) is -0.851. The molecule has 1 saturated heterocycles. The quantitative estimate of drug-likeness (QED) is 0.851. The maximum Gasteiger partial charge on any atom is 0.308 e. The third-order valence-corrected chi connectivity index (χ3v) is 4.15. The summed E-state index contributed by atoms with van der Waals surface area (Å²) < 4.78 is 5.74. The van der Waals surface area contributed by atoms with Crippen LogP contribution in [0, 0.1) is 11.8 Å². The molecule has 1 amide bonds. The van der Waals surface area contributed by atoms with Crippen LogP contribution in [-0.2, 0) is 9.59 Å². The van der Waals surface area contributed by atoms with Crippen molar-refractivity contribution in [3.8, 4) is 5.75 Å². The summed E-state index contributed by atoms with van der Waals surface area (Å²) in [5, 5.41) is 12.3. The molecule has 6 nitrogen and oxygen atoms in total. The van der Waals surface area contributed by atoms with E-state index in [4.69, 9.17) is 9.84 Å². The van der Waals surface area contributed by atoms with Gasteiger partial charge in [-0.15, -0.1) is 0 Å². The van der Waals surface area contributed by atoms with E-state index in [0.717, 1.165) is 5.69 Å². The zero-order valence-corrected chi connectivity index (χ0v) is 11.8. The predicted molar refractivity (Wildman–Crippen MR) is 76.2 cm³/mol. The number of amides is 1. The summed E-state index contributed by atoms with van der Waals surface area (Å²) in [4.78, 5) is 25.2. The fraction of sp³-hybridized carbons (Fsp3) is 0.467. The van der Waals surface area contributed by atoms with Gasteiger partial charge in [0.15, 0.2) is 6.10 Å². The lowest BCUT2D eigenvalue weighted by atomic mass is 9.99. The number of nitrogens with one attached hydrogen (secondary N) is 1. The number of carbonyl (C=O) groups is 2. The van der Waals surface area contributed by atoms with E-state index in [9.17, 15) is 9.59 Å². The summed E-state index contributed by atoms with van der Waals surface area (Å²) in [6.45, 7) is 2.99. The van der Waals surface area contributed by atoms with E-state index in [1.807, 2.05) is 31.2 Å². The molecule has 1 aromatic rings. The Hall–Kier alpha value is -2.24. The van der Waals surface area contributed by atoms with Gasteiger partial charge in [-0.2, -0.15) is 0 Å². The number of para-hydroxylation sites is 2. The summed E-state index contributed by atoms with van der Waals surface area (Å²) in [6.07, 6.45) is -0.598. The van der Waals surface area contributed by atoms with Gasteiger partial charge in [0.05, 0.1) is 18.2 Å². The standard InChI is InChI=1S/C15H18N2O4/c1-9-7-17(8-10(9)15(19)20)14(18)13-6-16-11-4-2-3-5-12(11)21-13/h2-5,9-10,13,16H,6-8H2,1H3,(H,19,20)/t9-,10-,13?/m1/s1. The van der Waals surface area contributed by atoms with Crippen molar-refractivity contribution in [3.05, 3.63) is 24.3 Å². The van der Waals surface area contributed by atoms with Crippen LogP contribution in [0.15, 0.2) is 24.3 Å². The Morgan fingerprint density at radius 3 is 2.81 bits per heavy atom. The Morgan fingerprint density at radius 2 is 2.10 bits per heavy atom. The van der Waals surface area contributed by atoms with Crippen LogP contribution in [0.4, 0.5) is 5.69 Å². The molecule has 6 heteroatoms. The van der Waals surface area contributed by atoms with E-state index in [1.165, 1.54) is 0 Å². The first-order valence-electron chi connectivity index (χ1n) is 7.07. The number of rotatable bonds is 2. The van der Waals surface area contributed by atoms with Crippen LogP contribution in [0.2, 0.25) is 0 Å². The molecule has 2 aliphatic rings. The third kappa shape index (κ3) is 2.53. The number of benzene rings is 1. The summed E-state index contributed by atoms with van der Waals surface area (Å²) in [7, 11) is 0. The molecule has 0 spiro atoms.